The van der Waals surface area contributed by atoms with Crippen molar-refractivity contribution in [2.45, 2.75) is 52.4 Å². The molecule has 0 amide bonds. The smallest absolute Gasteiger partial charge is 0.233 e. The molecule has 6 heteroatoms. The highest BCUT2D eigenvalue weighted by Crippen LogP contribution is 2.17. The molecule has 6 nitrogen and oxygen atoms in total. The van der Waals surface area contributed by atoms with Crippen molar-refractivity contribution in [1.29, 1.82) is 0 Å². The highest BCUT2D eigenvalue weighted by atomic mass is 15.3. The van der Waals surface area contributed by atoms with Gasteiger partial charge >= 0.3 is 0 Å². The summed E-state index contributed by atoms with van der Waals surface area (Å²) in [5, 5.41) is 3.19. The van der Waals surface area contributed by atoms with Crippen LogP contribution >= 0.6 is 0 Å². The molecular weight excluding hydrogens is 312 g/mol. The first-order valence-electron chi connectivity index (χ1n) is 9.15. The molecule has 3 N–H and O–H groups in total. The van der Waals surface area contributed by atoms with Gasteiger partial charge in [-0.2, -0.15) is 15.0 Å². The predicted octanol–water partition coefficient (Wildman–Crippen LogP) is 4.30. The molecule has 0 saturated heterocycles. The SMILES string of the molecule is CCCCCCCCN(C)c1nc(N)nc(Nc2ccc(C)cc2)n1. The van der Waals surface area contributed by atoms with Crippen molar-refractivity contribution >= 4 is 23.5 Å². The van der Waals surface area contributed by atoms with Crippen molar-refractivity contribution in [2.24, 2.45) is 0 Å². The second-order valence-electron chi connectivity index (χ2n) is 6.50. The Morgan fingerprint density at radius 2 is 1.64 bits per heavy atom. The van der Waals surface area contributed by atoms with Crippen LogP contribution in [0.5, 0.6) is 0 Å². The molecule has 0 aliphatic carbocycles. The zero-order valence-corrected chi connectivity index (χ0v) is 15.6. The van der Waals surface area contributed by atoms with Gasteiger partial charge in [-0.15, -0.1) is 0 Å². The summed E-state index contributed by atoms with van der Waals surface area (Å²) < 4.78 is 0. The van der Waals surface area contributed by atoms with E-state index in [0.29, 0.717) is 11.9 Å². The fourth-order valence-corrected chi connectivity index (χ4v) is 2.60. The molecule has 0 aliphatic rings. The van der Waals surface area contributed by atoms with Crippen molar-refractivity contribution in [3.05, 3.63) is 29.8 Å². The number of aryl methyl sites for hydroxylation is 1. The van der Waals surface area contributed by atoms with Gasteiger partial charge in [-0.3, -0.25) is 0 Å². The van der Waals surface area contributed by atoms with Gasteiger partial charge in [-0.05, 0) is 25.5 Å². The van der Waals surface area contributed by atoms with Crippen LogP contribution in [0.3, 0.4) is 0 Å². The van der Waals surface area contributed by atoms with E-state index < -0.39 is 0 Å². The Kier molecular flexibility index (Phi) is 7.44. The molecule has 0 saturated carbocycles. The second-order valence-corrected chi connectivity index (χ2v) is 6.50. The van der Waals surface area contributed by atoms with Crippen molar-refractivity contribution in [3.63, 3.8) is 0 Å². The van der Waals surface area contributed by atoms with E-state index in [0.717, 1.165) is 18.7 Å². The van der Waals surface area contributed by atoms with E-state index in [4.69, 9.17) is 5.73 Å². The van der Waals surface area contributed by atoms with Crippen LogP contribution < -0.4 is 16.0 Å². The van der Waals surface area contributed by atoms with Crippen LogP contribution in [0.4, 0.5) is 23.5 Å². The van der Waals surface area contributed by atoms with E-state index in [1.54, 1.807) is 0 Å². The molecule has 0 atom stereocenters. The molecular formula is C19H30N6. The molecule has 2 rings (SSSR count). The minimum absolute atomic E-state index is 0.231. The maximum absolute atomic E-state index is 5.86. The number of rotatable bonds is 10. The summed E-state index contributed by atoms with van der Waals surface area (Å²) in [6.07, 6.45) is 7.59. The zero-order chi connectivity index (χ0) is 18.1. The fraction of sp³-hybridized carbons (Fsp3) is 0.526. The molecule has 0 spiro atoms. The number of unbranched alkanes of at least 4 members (excludes halogenated alkanes) is 5. The summed E-state index contributed by atoms with van der Waals surface area (Å²) in [6, 6.07) is 8.07. The first kappa shape index (κ1) is 19.0. The Hall–Kier alpha value is -2.37. The number of nitrogens with two attached hydrogens (primary N) is 1. The van der Waals surface area contributed by atoms with Gasteiger partial charge in [0, 0.05) is 19.3 Å². The topological polar surface area (TPSA) is 80.0 Å². The van der Waals surface area contributed by atoms with Crippen LogP contribution in [-0.2, 0) is 0 Å². The minimum atomic E-state index is 0.231. The van der Waals surface area contributed by atoms with Crippen molar-refractivity contribution in [1.82, 2.24) is 15.0 Å². The average molecular weight is 342 g/mol. The lowest BCUT2D eigenvalue weighted by molar-refractivity contribution is 0.604. The van der Waals surface area contributed by atoms with Crippen molar-refractivity contribution < 1.29 is 0 Å². The van der Waals surface area contributed by atoms with Gasteiger partial charge in [0.2, 0.25) is 17.8 Å². The molecule has 0 radical (unpaired) electrons. The summed E-state index contributed by atoms with van der Waals surface area (Å²) in [6.45, 7) is 5.21. The lowest BCUT2D eigenvalue weighted by Gasteiger charge is -2.17. The monoisotopic (exact) mass is 342 g/mol. The maximum Gasteiger partial charge on any atom is 0.233 e. The van der Waals surface area contributed by atoms with E-state index >= 15 is 0 Å². The maximum atomic E-state index is 5.86. The van der Waals surface area contributed by atoms with E-state index in [1.165, 1.54) is 37.7 Å². The third-order valence-electron chi connectivity index (χ3n) is 4.14. The molecule has 1 aromatic carbocycles. The number of benzene rings is 1. The molecule has 1 heterocycles. The lowest BCUT2D eigenvalue weighted by atomic mass is 10.1. The number of aromatic nitrogens is 3. The second kappa shape index (κ2) is 9.81. The number of nitrogens with one attached hydrogen (secondary N) is 1. The normalized spacial score (nSPS) is 10.7. The van der Waals surface area contributed by atoms with Gasteiger partial charge < -0.3 is 16.0 Å². The van der Waals surface area contributed by atoms with Crippen LogP contribution in [0.25, 0.3) is 0 Å². The van der Waals surface area contributed by atoms with Gasteiger partial charge in [-0.25, -0.2) is 0 Å². The molecule has 136 valence electrons. The van der Waals surface area contributed by atoms with E-state index in [1.807, 2.05) is 36.2 Å². The highest BCUT2D eigenvalue weighted by molar-refractivity contribution is 5.55. The van der Waals surface area contributed by atoms with Gasteiger partial charge in [0.1, 0.15) is 0 Å². The van der Waals surface area contributed by atoms with E-state index in [2.05, 4.69) is 34.1 Å². The Bertz CT molecular complexity index is 641. The first-order chi connectivity index (χ1) is 12.1. The van der Waals surface area contributed by atoms with Crippen molar-refractivity contribution in [3.8, 4) is 0 Å². The van der Waals surface area contributed by atoms with Gasteiger partial charge in [0.15, 0.2) is 0 Å². The van der Waals surface area contributed by atoms with Crippen LogP contribution in [0.15, 0.2) is 24.3 Å². The van der Waals surface area contributed by atoms with Crippen molar-refractivity contribution in [2.75, 3.05) is 29.5 Å². The Labute approximate surface area is 150 Å². The summed E-state index contributed by atoms with van der Waals surface area (Å²) in [4.78, 5) is 15.0. The third kappa shape index (κ3) is 6.57. The zero-order valence-electron chi connectivity index (χ0n) is 15.6. The molecule has 0 unspecified atom stereocenters. The molecule has 0 aliphatic heterocycles. The Balaban J connectivity index is 1.92. The first-order valence-corrected chi connectivity index (χ1v) is 9.15. The molecule has 25 heavy (non-hydrogen) atoms. The lowest BCUT2D eigenvalue weighted by Crippen LogP contribution is -2.22. The largest absolute Gasteiger partial charge is 0.368 e. The quantitative estimate of drug-likeness (QED) is 0.627. The van der Waals surface area contributed by atoms with E-state index in [-0.39, 0.29) is 5.95 Å². The highest BCUT2D eigenvalue weighted by Gasteiger charge is 2.09. The Morgan fingerprint density at radius 3 is 2.36 bits per heavy atom. The van der Waals surface area contributed by atoms with Gasteiger partial charge in [0.05, 0.1) is 0 Å². The van der Waals surface area contributed by atoms with Crippen LogP contribution in [-0.4, -0.2) is 28.5 Å². The summed E-state index contributed by atoms with van der Waals surface area (Å²) in [7, 11) is 2.00. The fourth-order valence-electron chi connectivity index (χ4n) is 2.60. The third-order valence-corrected chi connectivity index (χ3v) is 4.14. The molecule has 0 bridgehead atoms. The van der Waals surface area contributed by atoms with Gasteiger partial charge in [-0.1, -0.05) is 56.7 Å². The average Bonchev–Trinajstić information content (AvgIpc) is 2.59. The predicted molar refractivity (Wildman–Crippen MR) is 105 cm³/mol. The number of nitrogen functional groups attached to an aromatic ring is 1. The standard InChI is InChI=1S/C19H30N6/c1-4-5-6-7-8-9-14-25(3)19-23-17(20)22-18(24-19)21-16-12-10-15(2)11-13-16/h10-13H,4-9,14H2,1-3H3,(H3,20,21,22,23,24). The summed E-state index contributed by atoms with van der Waals surface area (Å²) in [5.74, 6) is 1.31. The van der Waals surface area contributed by atoms with Crippen LogP contribution in [0, 0.1) is 6.92 Å². The number of hydrogen-bond acceptors (Lipinski definition) is 6. The summed E-state index contributed by atoms with van der Waals surface area (Å²) in [5.41, 5.74) is 8.00. The molecule has 1 aromatic heterocycles. The number of anilines is 4. The number of nitrogens with zero attached hydrogens (tertiary/aromatic N) is 4. The van der Waals surface area contributed by atoms with Gasteiger partial charge in [0.25, 0.3) is 0 Å². The molecule has 2 aromatic rings. The van der Waals surface area contributed by atoms with E-state index in [9.17, 15) is 0 Å². The van der Waals surface area contributed by atoms with Crippen LogP contribution in [0.2, 0.25) is 0 Å². The minimum Gasteiger partial charge on any atom is -0.368 e. The number of hydrogen-bond donors (Lipinski definition) is 2. The molecule has 0 fully saturated rings. The Morgan fingerprint density at radius 1 is 0.960 bits per heavy atom. The summed E-state index contributed by atoms with van der Waals surface area (Å²) >= 11 is 0. The van der Waals surface area contributed by atoms with Crippen LogP contribution in [0.1, 0.15) is 51.0 Å².